The number of carbonyl (C=O) groups is 2. The number of nitrogens with one attached hydrogen (secondary N) is 2. The third-order valence-corrected chi connectivity index (χ3v) is 2.71. The van der Waals surface area contributed by atoms with Gasteiger partial charge in [-0.25, -0.2) is 0 Å². The maximum absolute atomic E-state index is 11.3. The van der Waals surface area contributed by atoms with E-state index in [2.05, 4.69) is 10.6 Å². The molecule has 1 aliphatic heterocycles. The topological polar surface area (TPSA) is 82.0 Å². The number of amides is 2. The summed E-state index contributed by atoms with van der Waals surface area (Å²) in [4.78, 5) is 22.3. The summed E-state index contributed by atoms with van der Waals surface area (Å²) in [7, 11) is 0. The standard InChI is InChI=1S/C11H8ClN3O2/c12-7-3-6(5-13)1-2-8(7)14-9-4-10(16)15-11(9)17/h1-3,9,14H,4H2,(H,15,16,17). The number of hydrogen-bond donors (Lipinski definition) is 2. The first-order valence-electron chi connectivity index (χ1n) is 4.90. The summed E-state index contributed by atoms with van der Waals surface area (Å²) >= 11 is 5.94. The molecule has 1 aromatic carbocycles. The quantitative estimate of drug-likeness (QED) is 0.768. The molecule has 1 heterocycles. The number of nitrogens with zero attached hydrogens (tertiary/aromatic N) is 1. The van der Waals surface area contributed by atoms with Crippen LogP contribution in [0.5, 0.6) is 0 Å². The lowest BCUT2D eigenvalue weighted by molar-refractivity contribution is -0.124. The first-order chi connectivity index (χ1) is 8.10. The van der Waals surface area contributed by atoms with Gasteiger partial charge in [0.2, 0.25) is 11.8 Å². The molecule has 5 nitrogen and oxygen atoms in total. The third-order valence-electron chi connectivity index (χ3n) is 2.40. The summed E-state index contributed by atoms with van der Waals surface area (Å²) < 4.78 is 0. The van der Waals surface area contributed by atoms with Crippen molar-refractivity contribution in [2.45, 2.75) is 12.5 Å². The molecule has 1 unspecified atom stereocenters. The monoisotopic (exact) mass is 249 g/mol. The fourth-order valence-electron chi connectivity index (χ4n) is 1.56. The fraction of sp³-hybridized carbons (Fsp3) is 0.182. The van der Waals surface area contributed by atoms with Gasteiger partial charge in [0.1, 0.15) is 6.04 Å². The Morgan fingerprint density at radius 3 is 2.76 bits per heavy atom. The zero-order chi connectivity index (χ0) is 12.4. The van der Waals surface area contributed by atoms with Crippen LogP contribution in [-0.2, 0) is 9.59 Å². The van der Waals surface area contributed by atoms with Crippen molar-refractivity contribution < 1.29 is 9.59 Å². The molecule has 0 radical (unpaired) electrons. The summed E-state index contributed by atoms with van der Waals surface area (Å²) in [5.41, 5.74) is 0.966. The molecule has 1 atom stereocenters. The summed E-state index contributed by atoms with van der Waals surface area (Å²) in [5, 5.41) is 14.1. The molecule has 6 heteroatoms. The van der Waals surface area contributed by atoms with Crippen LogP contribution in [0.25, 0.3) is 0 Å². The summed E-state index contributed by atoms with van der Waals surface area (Å²) in [5.74, 6) is -0.673. The molecule has 0 aromatic heterocycles. The van der Waals surface area contributed by atoms with Crippen molar-refractivity contribution >= 4 is 29.1 Å². The van der Waals surface area contributed by atoms with Gasteiger partial charge in [0.15, 0.2) is 0 Å². The van der Waals surface area contributed by atoms with Crippen molar-refractivity contribution in [1.29, 1.82) is 5.26 Å². The summed E-state index contributed by atoms with van der Waals surface area (Å²) in [6, 6.07) is 6.05. The van der Waals surface area contributed by atoms with Crippen molar-refractivity contribution in [3.63, 3.8) is 0 Å². The van der Waals surface area contributed by atoms with Gasteiger partial charge in [-0.2, -0.15) is 5.26 Å². The van der Waals surface area contributed by atoms with E-state index in [1.807, 2.05) is 6.07 Å². The van der Waals surface area contributed by atoms with Crippen LogP contribution in [-0.4, -0.2) is 17.9 Å². The Bertz CT molecular complexity index is 536. The molecule has 17 heavy (non-hydrogen) atoms. The Morgan fingerprint density at radius 1 is 1.47 bits per heavy atom. The van der Waals surface area contributed by atoms with Crippen molar-refractivity contribution in [2.24, 2.45) is 0 Å². The summed E-state index contributed by atoms with van der Waals surface area (Å²) in [6.07, 6.45) is 0.0924. The molecule has 2 rings (SSSR count). The largest absolute Gasteiger partial charge is 0.372 e. The molecule has 86 valence electrons. The highest BCUT2D eigenvalue weighted by atomic mass is 35.5. The minimum absolute atomic E-state index is 0.0924. The lowest BCUT2D eigenvalue weighted by Gasteiger charge is -2.12. The van der Waals surface area contributed by atoms with E-state index in [1.54, 1.807) is 12.1 Å². The number of rotatable bonds is 2. The lowest BCUT2D eigenvalue weighted by atomic mass is 10.2. The Hall–Kier alpha value is -2.06. The van der Waals surface area contributed by atoms with Crippen molar-refractivity contribution in [1.82, 2.24) is 5.32 Å². The second kappa shape index (κ2) is 4.44. The van der Waals surface area contributed by atoms with Crippen LogP contribution >= 0.6 is 11.6 Å². The van der Waals surface area contributed by atoms with Crippen molar-refractivity contribution in [3.05, 3.63) is 28.8 Å². The van der Waals surface area contributed by atoms with Gasteiger partial charge in [0.05, 0.1) is 28.8 Å². The van der Waals surface area contributed by atoms with Gasteiger partial charge in [-0.05, 0) is 18.2 Å². The SMILES string of the molecule is N#Cc1ccc(NC2CC(=O)NC2=O)c(Cl)c1. The highest BCUT2D eigenvalue weighted by Gasteiger charge is 2.30. The molecule has 1 aliphatic rings. The Kier molecular flexibility index (Phi) is 2.98. The normalized spacial score (nSPS) is 18.7. The Balaban J connectivity index is 2.17. The average molecular weight is 250 g/mol. The van der Waals surface area contributed by atoms with Crippen LogP contribution in [0.2, 0.25) is 5.02 Å². The van der Waals surface area contributed by atoms with Crippen LogP contribution in [0, 0.1) is 11.3 Å². The minimum atomic E-state index is -0.604. The van der Waals surface area contributed by atoms with Crippen LogP contribution in [0.15, 0.2) is 18.2 Å². The van der Waals surface area contributed by atoms with Gasteiger partial charge in [-0.1, -0.05) is 11.6 Å². The molecule has 1 saturated heterocycles. The third kappa shape index (κ3) is 2.37. The number of hydrogen-bond acceptors (Lipinski definition) is 4. The predicted octanol–water partition coefficient (Wildman–Crippen LogP) is 1.04. The van der Waals surface area contributed by atoms with Gasteiger partial charge in [0.25, 0.3) is 0 Å². The van der Waals surface area contributed by atoms with Gasteiger partial charge in [-0.3, -0.25) is 14.9 Å². The fourth-order valence-corrected chi connectivity index (χ4v) is 1.79. The molecule has 0 saturated carbocycles. The molecule has 1 fully saturated rings. The smallest absolute Gasteiger partial charge is 0.249 e. The van der Waals surface area contributed by atoms with E-state index in [1.165, 1.54) is 6.07 Å². The van der Waals surface area contributed by atoms with Crippen LogP contribution in [0.3, 0.4) is 0 Å². The number of halogens is 1. The van der Waals surface area contributed by atoms with E-state index in [0.717, 1.165) is 0 Å². The van der Waals surface area contributed by atoms with Crippen LogP contribution in [0.4, 0.5) is 5.69 Å². The van der Waals surface area contributed by atoms with Gasteiger partial charge >= 0.3 is 0 Å². The van der Waals surface area contributed by atoms with E-state index in [0.29, 0.717) is 16.3 Å². The summed E-state index contributed by atoms with van der Waals surface area (Å²) in [6.45, 7) is 0. The number of benzene rings is 1. The molecule has 0 spiro atoms. The average Bonchev–Trinajstić information content (AvgIpc) is 2.60. The second-order valence-electron chi connectivity index (χ2n) is 3.62. The van der Waals surface area contributed by atoms with E-state index in [9.17, 15) is 9.59 Å². The molecular weight excluding hydrogens is 242 g/mol. The second-order valence-corrected chi connectivity index (χ2v) is 4.03. The predicted molar refractivity (Wildman–Crippen MR) is 61.3 cm³/mol. The Labute approximate surface area is 102 Å². The van der Waals surface area contributed by atoms with Gasteiger partial charge in [0, 0.05) is 0 Å². The van der Waals surface area contributed by atoms with Crippen LogP contribution in [0.1, 0.15) is 12.0 Å². The van der Waals surface area contributed by atoms with Gasteiger partial charge in [-0.15, -0.1) is 0 Å². The minimum Gasteiger partial charge on any atom is -0.372 e. The maximum atomic E-state index is 11.3. The molecule has 0 aliphatic carbocycles. The molecule has 1 aromatic rings. The van der Waals surface area contributed by atoms with E-state index in [4.69, 9.17) is 16.9 Å². The van der Waals surface area contributed by atoms with Crippen molar-refractivity contribution in [2.75, 3.05) is 5.32 Å². The Morgan fingerprint density at radius 2 is 2.24 bits per heavy atom. The highest BCUT2D eigenvalue weighted by Crippen LogP contribution is 2.24. The zero-order valence-corrected chi connectivity index (χ0v) is 9.41. The lowest BCUT2D eigenvalue weighted by Crippen LogP contribution is -2.30. The first kappa shape index (κ1) is 11.4. The van der Waals surface area contributed by atoms with E-state index in [-0.39, 0.29) is 18.2 Å². The first-order valence-corrected chi connectivity index (χ1v) is 5.28. The van der Waals surface area contributed by atoms with E-state index >= 15 is 0 Å². The number of anilines is 1. The number of carbonyl (C=O) groups excluding carboxylic acids is 2. The number of nitriles is 1. The molecule has 0 bridgehead atoms. The molecular formula is C11H8ClN3O2. The van der Waals surface area contributed by atoms with E-state index < -0.39 is 6.04 Å². The molecule has 2 amide bonds. The number of imide groups is 1. The van der Waals surface area contributed by atoms with Crippen LogP contribution < -0.4 is 10.6 Å². The zero-order valence-electron chi connectivity index (χ0n) is 8.66. The van der Waals surface area contributed by atoms with Crippen molar-refractivity contribution in [3.8, 4) is 6.07 Å². The highest BCUT2D eigenvalue weighted by molar-refractivity contribution is 6.33. The van der Waals surface area contributed by atoms with Gasteiger partial charge < -0.3 is 5.32 Å². The molecule has 2 N–H and O–H groups in total. The maximum Gasteiger partial charge on any atom is 0.249 e.